The lowest BCUT2D eigenvalue weighted by atomic mass is 10.0. The van der Waals surface area contributed by atoms with Gasteiger partial charge < -0.3 is 13.9 Å². The SMILES string of the molecule is O=S(=O)(N[C@@H](c1cc2ccccc2o1)c1ccccc1F)c1ccc2c(c1)OCCCO2. The van der Waals surface area contributed by atoms with Crippen LogP contribution in [0.1, 0.15) is 23.8 Å². The van der Waals surface area contributed by atoms with Crippen LogP contribution in [-0.2, 0) is 10.0 Å². The largest absolute Gasteiger partial charge is 0.490 e. The highest BCUT2D eigenvalue weighted by Gasteiger charge is 2.28. The van der Waals surface area contributed by atoms with Crippen LogP contribution in [0.25, 0.3) is 11.0 Å². The van der Waals surface area contributed by atoms with Crippen molar-refractivity contribution >= 4 is 21.0 Å². The maximum Gasteiger partial charge on any atom is 0.241 e. The standard InChI is InChI=1S/C24H20FNO5S/c25-19-8-3-2-7-18(19)24(23-14-16-6-1-4-9-20(16)31-23)26-32(27,28)17-10-11-21-22(15-17)30-13-5-12-29-21/h1-4,6-11,14-15,24,26H,5,12-13H2/t24-/m1/s1. The number of rotatable bonds is 5. The van der Waals surface area contributed by atoms with E-state index >= 15 is 0 Å². The fourth-order valence-electron chi connectivity index (χ4n) is 3.66. The minimum absolute atomic E-state index is 0.0146. The average molecular weight is 453 g/mol. The molecule has 1 atom stereocenters. The number of nitrogens with one attached hydrogen (secondary N) is 1. The van der Waals surface area contributed by atoms with Crippen LogP contribution in [0, 0.1) is 5.82 Å². The van der Waals surface area contributed by atoms with Crippen molar-refractivity contribution in [3.8, 4) is 11.5 Å². The molecule has 1 aliphatic heterocycles. The molecule has 4 aromatic rings. The van der Waals surface area contributed by atoms with Crippen molar-refractivity contribution < 1.29 is 26.7 Å². The molecule has 164 valence electrons. The van der Waals surface area contributed by atoms with Crippen molar-refractivity contribution in [1.29, 1.82) is 0 Å². The highest BCUT2D eigenvalue weighted by Crippen LogP contribution is 2.34. The van der Waals surface area contributed by atoms with E-state index in [0.717, 1.165) is 5.39 Å². The summed E-state index contributed by atoms with van der Waals surface area (Å²) in [6.45, 7) is 0.930. The maximum atomic E-state index is 14.7. The van der Waals surface area contributed by atoms with E-state index in [1.165, 1.54) is 24.3 Å². The summed E-state index contributed by atoms with van der Waals surface area (Å²) in [5.41, 5.74) is 0.739. The fraction of sp³-hybridized carbons (Fsp3) is 0.167. The average Bonchev–Trinajstić information content (AvgIpc) is 3.08. The van der Waals surface area contributed by atoms with E-state index in [0.29, 0.717) is 36.7 Å². The third kappa shape index (κ3) is 3.94. The van der Waals surface area contributed by atoms with Crippen molar-refractivity contribution in [2.45, 2.75) is 17.4 Å². The molecule has 5 rings (SSSR count). The van der Waals surface area contributed by atoms with Gasteiger partial charge in [0.2, 0.25) is 10.0 Å². The molecular weight excluding hydrogens is 433 g/mol. The van der Waals surface area contributed by atoms with Gasteiger partial charge in [0.1, 0.15) is 23.2 Å². The molecule has 0 saturated carbocycles. The summed E-state index contributed by atoms with van der Waals surface area (Å²) in [5.74, 6) is 0.592. The molecule has 1 aliphatic rings. The lowest BCUT2D eigenvalue weighted by molar-refractivity contribution is 0.297. The van der Waals surface area contributed by atoms with E-state index in [2.05, 4.69) is 4.72 Å². The predicted molar refractivity (Wildman–Crippen MR) is 117 cm³/mol. The van der Waals surface area contributed by atoms with E-state index in [-0.39, 0.29) is 16.2 Å². The maximum absolute atomic E-state index is 14.7. The number of ether oxygens (including phenoxy) is 2. The van der Waals surface area contributed by atoms with Crippen LogP contribution in [0.4, 0.5) is 4.39 Å². The minimum Gasteiger partial charge on any atom is -0.490 e. The van der Waals surface area contributed by atoms with E-state index in [1.807, 2.05) is 18.2 Å². The van der Waals surface area contributed by atoms with Crippen LogP contribution in [0.3, 0.4) is 0 Å². The predicted octanol–water partition coefficient (Wildman–Crippen LogP) is 4.80. The summed E-state index contributed by atoms with van der Waals surface area (Å²) in [5, 5.41) is 0.790. The normalized spacial score (nSPS) is 14.8. The molecule has 0 spiro atoms. The Balaban J connectivity index is 1.56. The van der Waals surface area contributed by atoms with Crippen LogP contribution in [-0.4, -0.2) is 21.6 Å². The fourth-order valence-corrected chi connectivity index (χ4v) is 4.86. The van der Waals surface area contributed by atoms with Gasteiger partial charge in [-0.1, -0.05) is 36.4 Å². The van der Waals surface area contributed by atoms with Crippen LogP contribution in [0.2, 0.25) is 0 Å². The first-order chi connectivity index (χ1) is 15.5. The Morgan fingerprint density at radius 2 is 1.62 bits per heavy atom. The number of halogens is 1. The van der Waals surface area contributed by atoms with Gasteiger partial charge in [-0.25, -0.2) is 12.8 Å². The molecule has 0 saturated heterocycles. The molecule has 0 radical (unpaired) electrons. The second kappa shape index (κ2) is 8.29. The molecule has 32 heavy (non-hydrogen) atoms. The van der Waals surface area contributed by atoms with Crippen LogP contribution in [0.5, 0.6) is 11.5 Å². The Labute approximate surface area is 184 Å². The summed E-state index contributed by atoms with van der Waals surface area (Å²) >= 11 is 0. The van der Waals surface area contributed by atoms with Gasteiger partial charge in [0.05, 0.1) is 18.1 Å². The summed E-state index contributed by atoms with van der Waals surface area (Å²) in [4.78, 5) is -0.0146. The second-order valence-electron chi connectivity index (χ2n) is 7.42. The van der Waals surface area contributed by atoms with Gasteiger partial charge in [0.25, 0.3) is 0 Å². The molecule has 2 heterocycles. The molecule has 0 fully saturated rings. The molecule has 0 aliphatic carbocycles. The molecule has 0 unspecified atom stereocenters. The molecule has 1 N–H and O–H groups in total. The van der Waals surface area contributed by atoms with Crippen molar-refractivity contribution in [2.75, 3.05) is 13.2 Å². The van der Waals surface area contributed by atoms with Crippen molar-refractivity contribution in [3.63, 3.8) is 0 Å². The van der Waals surface area contributed by atoms with Gasteiger partial charge in [-0.3, -0.25) is 0 Å². The molecular formula is C24H20FNO5S. The zero-order valence-corrected chi connectivity index (χ0v) is 17.8. The first-order valence-electron chi connectivity index (χ1n) is 10.2. The topological polar surface area (TPSA) is 77.8 Å². The van der Waals surface area contributed by atoms with Gasteiger partial charge in [-0.05, 0) is 30.3 Å². The van der Waals surface area contributed by atoms with E-state index in [9.17, 15) is 12.8 Å². The number of benzene rings is 3. The third-order valence-electron chi connectivity index (χ3n) is 5.25. The van der Waals surface area contributed by atoms with Crippen molar-refractivity contribution in [3.05, 3.63) is 89.9 Å². The van der Waals surface area contributed by atoms with Gasteiger partial charge in [0, 0.05) is 23.4 Å². The molecule has 8 heteroatoms. The zero-order chi connectivity index (χ0) is 22.1. The van der Waals surface area contributed by atoms with E-state index in [4.69, 9.17) is 13.9 Å². The Bertz CT molecular complexity index is 1350. The quantitative estimate of drug-likeness (QED) is 0.470. The number of furan rings is 1. The molecule has 1 aromatic heterocycles. The second-order valence-corrected chi connectivity index (χ2v) is 9.14. The molecule has 0 amide bonds. The smallest absolute Gasteiger partial charge is 0.241 e. The summed E-state index contributed by atoms with van der Waals surface area (Å²) in [6, 6.07) is 18.4. The molecule has 0 bridgehead atoms. The van der Waals surface area contributed by atoms with Crippen LogP contribution < -0.4 is 14.2 Å². The van der Waals surface area contributed by atoms with Crippen LogP contribution in [0.15, 0.2) is 82.1 Å². The third-order valence-corrected chi connectivity index (χ3v) is 6.67. The Hall–Kier alpha value is -3.36. The van der Waals surface area contributed by atoms with Gasteiger partial charge in [-0.2, -0.15) is 4.72 Å². The number of fused-ring (bicyclic) bond motifs is 2. The Morgan fingerprint density at radius 3 is 2.44 bits per heavy atom. The Kier molecular flexibility index (Phi) is 5.32. The van der Waals surface area contributed by atoms with Crippen molar-refractivity contribution in [2.24, 2.45) is 0 Å². The molecule has 3 aromatic carbocycles. The lowest BCUT2D eigenvalue weighted by Crippen LogP contribution is -2.30. The van der Waals surface area contributed by atoms with Gasteiger partial charge in [0.15, 0.2) is 11.5 Å². The van der Waals surface area contributed by atoms with Crippen molar-refractivity contribution in [1.82, 2.24) is 4.72 Å². The number of sulfonamides is 1. The van der Waals surface area contributed by atoms with E-state index in [1.54, 1.807) is 30.3 Å². The van der Waals surface area contributed by atoms with Crippen LogP contribution >= 0.6 is 0 Å². The monoisotopic (exact) mass is 453 g/mol. The molecule has 6 nitrogen and oxygen atoms in total. The summed E-state index contributed by atoms with van der Waals surface area (Å²) in [7, 11) is -4.07. The number of hydrogen-bond donors (Lipinski definition) is 1. The highest BCUT2D eigenvalue weighted by atomic mass is 32.2. The van der Waals surface area contributed by atoms with Gasteiger partial charge >= 0.3 is 0 Å². The zero-order valence-electron chi connectivity index (χ0n) is 17.0. The first-order valence-corrected chi connectivity index (χ1v) is 11.6. The number of hydrogen-bond acceptors (Lipinski definition) is 5. The summed E-state index contributed by atoms with van der Waals surface area (Å²) in [6.07, 6.45) is 0.705. The lowest BCUT2D eigenvalue weighted by Gasteiger charge is -2.18. The van der Waals surface area contributed by atoms with E-state index < -0.39 is 21.9 Å². The highest BCUT2D eigenvalue weighted by molar-refractivity contribution is 7.89. The Morgan fingerprint density at radius 1 is 0.875 bits per heavy atom. The number of para-hydroxylation sites is 1. The first kappa shape index (κ1) is 20.5. The summed E-state index contributed by atoms with van der Waals surface area (Å²) < 4.78 is 61.0. The van der Waals surface area contributed by atoms with Gasteiger partial charge in [-0.15, -0.1) is 0 Å². The minimum atomic E-state index is -4.07.